The molecule has 0 saturated heterocycles. The van der Waals surface area contributed by atoms with E-state index >= 15 is 0 Å². The largest absolute Gasteiger partial charge is 0.497 e. The molecule has 0 spiro atoms. The maximum Gasteiger partial charge on any atom is 0.194 e. The topological polar surface area (TPSA) is 59.0 Å². The number of rotatable bonds is 10. The van der Waals surface area contributed by atoms with Crippen LogP contribution in [0.15, 0.2) is 34.6 Å². The van der Waals surface area contributed by atoms with E-state index in [-0.39, 0.29) is 0 Å². The lowest BCUT2D eigenvalue weighted by Crippen LogP contribution is -2.40. The molecular weight excluding hydrogens is 372 g/mol. The third-order valence-electron chi connectivity index (χ3n) is 4.60. The summed E-state index contributed by atoms with van der Waals surface area (Å²) in [7, 11) is 3.72. The van der Waals surface area contributed by atoms with Crippen molar-refractivity contribution in [2.24, 2.45) is 10.9 Å². The second kappa shape index (κ2) is 10.4. The van der Waals surface area contributed by atoms with Crippen LogP contribution in [0.4, 0.5) is 0 Å². The zero-order valence-electron chi connectivity index (χ0n) is 17.0. The molecular formula is C21H30N4O2S. The summed E-state index contributed by atoms with van der Waals surface area (Å²) < 4.78 is 11.0. The number of guanidine groups is 1. The van der Waals surface area contributed by atoms with Crippen LogP contribution in [0.1, 0.15) is 25.5 Å². The molecule has 0 unspecified atom stereocenters. The van der Waals surface area contributed by atoms with Crippen LogP contribution in [-0.4, -0.2) is 56.3 Å². The summed E-state index contributed by atoms with van der Waals surface area (Å²) in [4.78, 5) is 11.6. The summed E-state index contributed by atoms with van der Waals surface area (Å²) in [6.45, 7) is 5.93. The lowest BCUT2D eigenvalue weighted by molar-refractivity contribution is 0.115. The van der Waals surface area contributed by atoms with Crippen molar-refractivity contribution < 1.29 is 9.47 Å². The highest BCUT2D eigenvalue weighted by molar-refractivity contribution is 7.13. The quantitative estimate of drug-likeness (QED) is 0.373. The first-order valence-electron chi connectivity index (χ1n) is 9.85. The van der Waals surface area contributed by atoms with Crippen molar-refractivity contribution in [3.05, 3.63) is 35.3 Å². The predicted molar refractivity (Wildman–Crippen MR) is 115 cm³/mol. The molecule has 28 heavy (non-hydrogen) atoms. The van der Waals surface area contributed by atoms with E-state index in [9.17, 15) is 0 Å². The van der Waals surface area contributed by atoms with Gasteiger partial charge < -0.3 is 19.7 Å². The number of nitrogens with zero attached hydrogens (tertiary/aromatic N) is 3. The van der Waals surface area contributed by atoms with Gasteiger partial charge >= 0.3 is 0 Å². The standard InChI is InChI=1S/C21H30N4O2S/c1-4-22-21(25(2)11-12-27-14-16-5-6-16)23-13-18-15-28-20(24-18)17-7-9-19(26-3)10-8-17/h7-10,15-16H,4-6,11-14H2,1-3H3,(H,22,23). The molecule has 1 heterocycles. The van der Waals surface area contributed by atoms with E-state index in [2.05, 4.69) is 22.5 Å². The van der Waals surface area contributed by atoms with Crippen LogP contribution in [0, 0.1) is 5.92 Å². The van der Waals surface area contributed by atoms with Gasteiger partial charge in [-0.3, -0.25) is 0 Å². The van der Waals surface area contributed by atoms with Crippen molar-refractivity contribution in [2.75, 3.05) is 40.5 Å². The number of thiazole rings is 1. The Balaban J connectivity index is 1.54. The first kappa shape index (κ1) is 20.6. The van der Waals surface area contributed by atoms with Gasteiger partial charge in [-0.05, 0) is 49.9 Å². The van der Waals surface area contributed by atoms with E-state index in [1.807, 2.05) is 31.3 Å². The maximum absolute atomic E-state index is 5.74. The zero-order valence-corrected chi connectivity index (χ0v) is 17.8. The molecule has 6 nitrogen and oxygen atoms in total. The molecule has 0 bridgehead atoms. The van der Waals surface area contributed by atoms with Crippen LogP contribution in [0.5, 0.6) is 5.75 Å². The van der Waals surface area contributed by atoms with Gasteiger partial charge in [0.1, 0.15) is 10.8 Å². The molecule has 3 rings (SSSR count). The third-order valence-corrected chi connectivity index (χ3v) is 5.54. The Morgan fingerprint density at radius 1 is 1.32 bits per heavy atom. The lowest BCUT2D eigenvalue weighted by atomic mass is 10.2. The molecule has 0 amide bonds. The minimum atomic E-state index is 0.558. The monoisotopic (exact) mass is 402 g/mol. The van der Waals surface area contributed by atoms with Gasteiger partial charge in [0.25, 0.3) is 0 Å². The summed E-state index contributed by atoms with van der Waals surface area (Å²) in [5.41, 5.74) is 2.07. The molecule has 2 aromatic rings. The molecule has 1 aromatic carbocycles. The van der Waals surface area contributed by atoms with Crippen molar-refractivity contribution in [1.82, 2.24) is 15.2 Å². The normalized spacial score (nSPS) is 14.2. The molecule has 0 radical (unpaired) electrons. The van der Waals surface area contributed by atoms with Crippen LogP contribution in [0.2, 0.25) is 0 Å². The van der Waals surface area contributed by atoms with Gasteiger partial charge in [0.2, 0.25) is 0 Å². The third kappa shape index (κ3) is 6.21. The van der Waals surface area contributed by atoms with Gasteiger partial charge in [-0.15, -0.1) is 11.3 Å². The van der Waals surface area contributed by atoms with Crippen LogP contribution in [0.25, 0.3) is 10.6 Å². The number of hydrogen-bond donors (Lipinski definition) is 1. The van der Waals surface area contributed by atoms with Gasteiger partial charge in [0, 0.05) is 37.7 Å². The maximum atomic E-state index is 5.74. The molecule has 0 aliphatic heterocycles. The molecule has 0 atom stereocenters. The Bertz CT molecular complexity index is 756. The summed E-state index contributed by atoms with van der Waals surface area (Å²) in [6, 6.07) is 7.98. The highest BCUT2D eigenvalue weighted by atomic mass is 32.1. The average molecular weight is 403 g/mol. The van der Waals surface area contributed by atoms with Crippen LogP contribution < -0.4 is 10.1 Å². The van der Waals surface area contributed by atoms with E-state index in [4.69, 9.17) is 19.5 Å². The lowest BCUT2D eigenvalue weighted by Gasteiger charge is -2.21. The number of ether oxygens (including phenoxy) is 2. The van der Waals surface area contributed by atoms with Gasteiger partial charge in [0.15, 0.2) is 5.96 Å². The Labute approximate surface area is 171 Å². The Hall–Kier alpha value is -2.12. The van der Waals surface area contributed by atoms with E-state index in [1.54, 1.807) is 18.4 Å². The predicted octanol–water partition coefficient (Wildman–Crippen LogP) is 3.64. The summed E-state index contributed by atoms with van der Waals surface area (Å²) >= 11 is 1.64. The molecule has 1 saturated carbocycles. The molecule has 1 aliphatic rings. The van der Waals surface area contributed by atoms with Crippen LogP contribution in [0.3, 0.4) is 0 Å². The summed E-state index contributed by atoms with van der Waals surface area (Å²) in [5.74, 6) is 2.54. The van der Waals surface area contributed by atoms with E-state index in [0.29, 0.717) is 6.54 Å². The number of aliphatic imine (C=N–C) groups is 1. The number of methoxy groups -OCH3 is 1. The molecule has 1 fully saturated rings. The molecule has 7 heteroatoms. The number of likely N-dealkylation sites (N-methyl/N-ethyl adjacent to an activating group) is 1. The van der Waals surface area contributed by atoms with Crippen LogP contribution in [-0.2, 0) is 11.3 Å². The van der Waals surface area contributed by atoms with Crippen LogP contribution >= 0.6 is 11.3 Å². The highest BCUT2D eigenvalue weighted by Gasteiger charge is 2.21. The van der Waals surface area contributed by atoms with E-state index in [0.717, 1.165) is 60.2 Å². The second-order valence-corrected chi connectivity index (χ2v) is 7.84. The minimum Gasteiger partial charge on any atom is -0.497 e. The average Bonchev–Trinajstić information content (AvgIpc) is 3.43. The molecule has 1 aliphatic carbocycles. The second-order valence-electron chi connectivity index (χ2n) is 6.98. The smallest absolute Gasteiger partial charge is 0.194 e. The fourth-order valence-corrected chi connectivity index (χ4v) is 3.53. The Morgan fingerprint density at radius 3 is 2.79 bits per heavy atom. The van der Waals surface area contributed by atoms with E-state index in [1.165, 1.54) is 12.8 Å². The van der Waals surface area contributed by atoms with Crippen molar-refractivity contribution in [3.8, 4) is 16.3 Å². The molecule has 1 aromatic heterocycles. The summed E-state index contributed by atoms with van der Waals surface area (Å²) in [6.07, 6.45) is 2.65. The van der Waals surface area contributed by atoms with Gasteiger partial charge in [-0.1, -0.05) is 0 Å². The SMILES string of the molecule is CCNC(=NCc1csc(-c2ccc(OC)cc2)n1)N(C)CCOCC1CC1. The highest BCUT2D eigenvalue weighted by Crippen LogP contribution is 2.28. The number of benzene rings is 1. The Morgan fingerprint density at radius 2 is 2.11 bits per heavy atom. The molecule has 1 N–H and O–H groups in total. The van der Waals surface area contributed by atoms with Crippen molar-refractivity contribution in [3.63, 3.8) is 0 Å². The fourth-order valence-electron chi connectivity index (χ4n) is 2.71. The van der Waals surface area contributed by atoms with Crippen molar-refractivity contribution >= 4 is 17.3 Å². The van der Waals surface area contributed by atoms with Gasteiger partial charge in [-0.25, -0.2) is 9.98 Å². The summed E-state index contributed by atoms with van der Waals surface area (Å²) in [5, 5.41) is 6.42. The fraction of sp³-hybridized carbons (Fsp3) is 0.524. The van der Waals surface area contributed by atoms with Gasteiger partial charge in [0.05, 0.1) is 26.0 Å². The number of hydrogen-bond acceptors (Lipinski definition) is 5. The molecule has 152 valence electrons. The van der Waals surface area contributed by atoms with Crippen molar-refractivity contribution in [2.45, 2.75) is 26.3 Å². The first-order valence-corrected chi connectivity index (χ1v) is 10.7. The number of nitrogens with one attached hydrogen (secondary N) is 1. The minimum absolute atomic E-state index is 0.558. The van der Waals surface area contributed by atoms with Gasteiger partial charge in [-0.2, -0.15) is 0 Å². The number of aromatic nitrogens is 1. The van der Waals surface area contributed by atoms with Crippen molar-refractivity contribution in [1.29, 1.82) is 0 Å². The zero-order chi connectivity index (χ0) is 19.8. The first-order chi connectivity index (χ1) is 13.7. The Kier molecular flexibility index (Phi) is 7.68. The van der Waals surface area contributed by atoms with E-state index < -0.39 is 0 Å².